The van der Waals surface area contributed by atoms with E-state index in [1.54, 1.807) is 24.3 Å². The van der Waals surface area contributed by atoms with E-state index in [2.05, 4.69) is 13.8 Å². The maximum Gasteiger partial charge on any atom is 0.310 e. The Bertz CT molecular complexity index is 407. The molecular weight excluding hydrogens is 189 g/mol. The summed E-state index contributed by atoms with van der Waals surface area (Å²) in [6.07, 6.45) is 0.895. The SMILES string of the molecule is [2H][13C]([2H])([2H])C(C(=O)O)c1ccc(CC(C)C)cc1. The number of carbonyl (C=O) groups is 1. The van der Waals surface area contributed by atoms with Gasteiger partial charge in [-0.25, -0.2) is 0 Å². The van der Waals surface area contributed by atoms with Gasteiger partial charge in [-0.2, -0.15) is 0 Å². The predicted molar refractivity (Wildman–Crippen MR) is 61.0 cm³/mol. The minimum Gasteiger partial charge on any atom is -0.481 e. The van der Waals surface area contributed by atoms with Gasteiger partial charge in [0.1, 0.15) is 0 Å². The zero-order valence-corrected chi connectivity index (χ0v) is 9.03. The lowest BCUT2D eigenvalue weighted by atomic mass is 9.99. The summed E-state index contributed by atoms with van der Waals surface area (Å²) in [7, 11) is 0. The van der Waals surface area contributed by atoms with E-state index in [1.165, 1.54) is 0 Å². The van der Waals surface area contributed by atoms with Crippen LogP contribution in [-0.2, 0) is 11.2 Å². The maximum atomic E-state index is 11.0. The first-order valence-electron chi connectivity index (χ1n) is 6.53. The molecular formula is C13H18O2. The van der Waals surface area contributed by atoms with Gasteiger partial charge in [0.15, 0.2) is 0 Å². The van der Waals surface area contributed by atoms with Crippen molar-refractivity contribution >= 4 is 5.97 Å². The molecule has 15 heavy (non-hydrogen) atoms. The summed E-state index contributed by atoms with van der Waals surface area (Å²) in [6, 6.07) is 6.81. The van der Waals surface area contributed by atoms with Crippen LogP contribution in [-0.4, -0.2) is 11.1 Å². The fraction of sp³-hybridized carbons (Fsp3) is 0.462. The molecule has 2 nitrogen and oxygen atoms in total. The summed E-state index contributed by atoms with van der Waals surface area (Å²) in [5.74, 6) is -2.26. The molecule has 0 amide bonds. The number of rotatable bonds is 4. The zero-order chi connectivity index (χ0) is 13.9. The molecule has 0 saturated heterocycles. The Kier molecular flexibility index (Phi) is 2.62. The van der Waals surface area contributed by atoms with E-state index in [0.29, 0.717) is 11.5 Å². The molecule has 1 aromatic carbocycles. The highest BCUT2D eigenvalue weighted by molar-refractivity contribution is 5.75. The molecule has 0 aliphatic rings. The number of hydrogen-bond acceptors (Lipinski definition) is 1. The summed E-state index contributed by atoms with van der Waals surface area (Å²) in [4.78, 5) is 11.0. The van der Waals surface area contributed by atoms with E-state index >= 15 is 0 Å². The second-order valence-corrected chi connectivity index (χ2v) is 4.11. The van der Waals surface area contributed by atoms with Crippen molar-refractivity contribution in [2.24, 2.45) is 5.92 Å². The quantitative estimate of drug-likeness (QED) is 0.775. The Balaban J connectivity index is 2.98. The van der Waals surface area contributed by atoms with Gasteiger partial charge in [-0.1, -0.05) is 38.1 Å². The molecule has 0 saturated carbocycles. The predicted octanol–water partition coefficient (Wildman–Crippen LogP) is 3.07. The molecule has 82 valence electrons. The van der Waals surface area contributed by atoms with Gasteiger partial charge in [0, 0.05) is 4.11 Å². The van der Waals surface area contributed by atoms with Gasteiger partial charge in [0.25, 0.3) is 0 Å². The lowest BCUT2D eigenvalue weighted by Gasteiger charge is -2.09. The Hall–Kier alpha value is -1.31. The van der Waals surface area contributed by atoms with Crippen LogP contribution >= 0.6 is 0 Å². The van der Waals surface area contributed by atoms with Gasteiger partial charge in [-0.05, 0) is 30.3 Å². The average Bonchev–Trinajstić information content (AvgIpc) is 2.17. The molecule has 1 aromatic rings. The van der Waals surface area contributed by atoms with Gasteiger partial charge >= 0.3 is 5.97 Å². The molecule has 0 radical (unpaired) electrons. The van der Waals surface area contributed by atoms with Crippen molar-refractivity contribution in [1.29, 1.82) is 0 Å². The number of carboxylic acid groups (broad SMARTS) is 1. The first kappa shape index (κ1) is 7.91. The van der Waals surface area contributed by atoms with Crippen molar-refractivity contribution in [3.05, 3.63) is 35.4 Å². The van der Waals surface area contributed by atoms with Crippen LogP contribution < -0.4 is 0 Å². The topological polar surface area (TPSA) is 37.3 Å². The number of benzene rings is 1. The molecule has 0 bridgehead atoms. The molecule has 1 N–H and O–H groups in total. The van der Waals surface area contributed by atoms with Gasteiger partial charge in [-0.15, -0.1) is 0 Å². The number of aliphatic carboxylic acids is 1. The van der Waals surface area contributed by atoms with Crippen LogP contribution in [0.5, 0.6) is 0 Å². The highest BCUT2D eigenvalue weighted by atomic mass is 16.4. The maximum absolute atomic E-state index is 11.0. The third-order valence-corrected chi connectivity index (χ3v) is 2.20. The minimum absolute atomic E-state index is 0.329. The van der Waals surface area contributed by atoms with Gasteiger partial charge in [-0.3, -0.25) is 4.79 Å². The summed E-state index contributed by atoms with van der Waals surface area (Å²) in [5.41, 5.74) is 1.42. The van der Waals surface area contributed by atoms with E-state index in [1.807, 2.05) is 0 Å². The normalized spacial score (nSPS) is 16.6. The summed E-state index contributed by atoms with van der Waals surface area (Å²) >= 11 is 0. The lowest BCUT2D eigenvalue weighted by Crippen LogP contribution is -2.07. The molecule has 1 unspecified atom stereocenters. The largest absolute Gasteiger partial charge is 0.481 e. The van der Waals surface area contributed by atoms with Crippen LogP contribution in [0.4, 0.5) is 0 Å². The molecule has 1 rings (SSSR count). The Morgan fingerprint density at radius 3 is 2.40 bits per heavy atom. The van der Waals surface area contributed by atoms with Crippen LogP contribution in [0.3, 0.4) is 0 Å². The zero-order valence-electron chi connectivity index (χ0n) is 12.0. The minimum atomic E-state index is -2.52. The smallest absolute Gasteiger partial charge is 0.310 e. The van der Waals surface area contributed by atoms with Crippen molar-refractivity contribution in [2.75, 3.05) is 0 Å². The third-order valence-electron chi connectivity index (χ3n) is 2.20. The number of carboxylic acids is 1. The Labute approximate surface area is 95.2 Å². The summed E-state index contributed by atoms with van der Waals surface area (Å²) < 4.78 is 21.8. The number of hydrogen-bond donors (Lipinski definition) is 1. The molecule has 0 spiro atoms. The molecule has 0 aliphatic heterocycles. The van der Waals surface area contributed by atoms with Gasteiger partial charge < -0.3 is 5.11 Å². The van der Waals surface area contributed by atoms with Crippen LogP contribution in [0.25, 0.3) is 0 Å². The van der Waals surface area contributed by atoms with Crippen LogP contribution in [0.1, 0.15) is 41.9 Å². The fourth-order valence-electron chi connectivity index (χ4n) is 1.46. The van der Waals surface area contributed by atoms with Crippen molar-refractivity contribution in [3.8, 4) is 0 Å². The highest BCUT2D eigenvalue weighted by Crippen LogP contribution is 2.17. The molecule has 0 heterocycles. The van der Waals surface area contributed by atoms with Gasteiger partial charge in [0.05, 0.1) is 5.92 Å². The fourth-order valence-corrected chi connectivity index (χ4v) is 1.46. The summed E-state index contributed by atoms with van der Waals surface area (Å²) in [5, 5.41) is 9.02. The van der Waals surface area contributed by atoms with Crippen LogP contribution in [0, 0.1) is 5.92 Å². The molecule has 2 heteroatoms. The average molecular weight is 210 g/mol. The Morgan fingerprint density at radius 1 is 1.40 bits per heavy atom. The molecule has 0 fully saturated rings. The van der Waals surface area contributed by atoms with E-state index in [-0.39, 0.29) is 0 Å². The van der Waals surface area contributed by atoms with E-state index in [0.717, 1.165) is 12.0 Å². The van der Waals surface area contributed by atoms with Crippen molar-refractivity contribution in [2.45, 2.75) is 33.0 Å². The summed E-state index contributed by atoms with van der Waals surface area (Å²) in [6.45, 7) is 1.66. The van der Waals surface area contributed by atoms with Crippen molar-refractivity contribution in [1.82, 2.24) is 0 Å². The standard InChI is InChI=1S/C13H18O2/c1-9(2)8-11-4-6-12(7-5-11)10(3)13(14)15/h4-7,9-10H,8H2,1-3H3,(H,14,15)/i3+1D3. The monoisotopic (exact) mass is 210 g/mol. The third kappa shape index (κ3) is 3.39. The highest BCUT2D eigenvalue weighted by Gasteiger charge is 2.12. The first-order valence-corrected chi connectivity index (χ1v) is 5.03. The van der Waals surface area contributed by atoms with E-state index < -0.39 is 18.7 Å². The van der Waals surface area contributed by atoms with Crippen molar-refractivity contribution in [3.63, 3.8) is 0 Å². The molecule has 0 aliphatic carbocycles. The van der Waals surface area contributed by atoms with Gasteiger partial charge in [0.2, 0.25) is 0 Å². The van der Waals surface area contributed by atoms with Crippen molar-refractivity contribution < 1.29 is 14.0 Å². The molecule has 1 atom stereocenters. The second-order valence-electron chi connectivity index (χ2n) is 4.11. The lowest BCUT2D eigenvalue weighted by molar-refractivity contribution is -0.138. The van der Waals surface area contributed by atoms with Crippen LogP contribution in [0.2, 0.25) is 0 Å². The first-order chi connectivity index (χ1) is 8.21. The second kappa shape index (κ2) is 4.96. The van der Waals surface area contributed by atoms with E-state index in [4.69, 9.17) is 9.22 Å². The Morgan fingerprint density at radius 2 is 2.00 bits per heavy atom. The van der Waals surface area contributed by atoms with Crippen LogP contribution in [0.15, 0.2) is 24.3 Å². The molecule has 0 aromatic heterocycles. The van der Waals surface area contributed by atoms with E-state index in [9.17, 15) is 4.79 Å².